The number of aromatic nitrogens is 5. The van der Waals surface area contributed by atoms with Gasteiger partial charge in [0.25, 0.3) is 0 Å². The molecule has 1 aromatic carbocycles. The number of hydrogen-bond donors (Lipinski definition) is 1. The number of amides is 1. The summed E-state index contributed by atoms with van der Waals surface area (Å²) in [6.07, 6.45) is 8.44. The summed E-state index contributed by atoms with van der Waals surface area (Å²) in [4.78, 5) is 23.1. The van der Waals surface area contributed by atoms with E-state index in [2.05, 4.69) is 16.1 Å². The Hall–Kier alpha value is -3.75. The third-order valence-electron chi connectivity index (χ3n) is 6.75. The summed E-state index contributed by atoms with van der Waals surface area (Å²) in [5.74, 6) is 0.0979. The molecule has 0 saturated carbocycles. The number of hydrogen-bond acceptors (Lipinski definition) is 5. The molecule has 1 atom stereocenters. The maximum Gasteiger partial charge on any atom is 0.219 e. The van der Waals surface area contributed by atoms with E-state index in [-0.39, 0.29) is 18.6 Å². The lowest BCUT2D eigenvalue weighted by atomic mass is 10.1. The zero-order valence-electron chi connectivity index (χ0n) is 19.1. The maximum atomic E-state index is 11.7. The SMILES string of the molecule is CC(=O)N1CC[C@H](n2cc(-c3cnc4ccn5c(CO)c(-c6ccccc6Cl)nc5c4c3)cn2)C1. The van der Waals surface area contributed by atoms with Crippen molar-refractivity contribution in [2.75, 3.05) is 13.1 Å². The standard InChI is InChI=1S/C26H23ClN6O2/c1-16(35)31-8-6-19(14-31)33-13-18(12-29-33)17-10-21-23(28-11-17)7-9-32-24(15-34)25(30-26(21)32)20-4-2-3-5-22(20)27/h2-5,7,9-13,19,34H,6,8,14-15H2,1H3/t19-/m0/s1. The molecule has 1 fully saturated rings. The summed E-state index contributed by atoms with van der Waals surface area (Å²) >= 11 is 6.45. The summed E-state index contributed by atoms with van der Waals surface area (Å²) in [6.45, 7) is 2.86. The van der Waals surface area contributed by atoms with Crippen molar-refractivity contribution in [2.45, 2.75) is 26.0 Å². The van der Waals surface area contributed by atoms with Crippen LogP contribution >= 0.6 is 11.6 Å². The van der Waals surface area contributed by atoms with Gasteiger partial charge in [0, 0.05) is 60.7 Å². The Morgan fingerprint density at radius 1 is 1.20 bits per heavy atom. The molecule has 1 aliphatic heterocycles. The molecule has 35 heavy (non-hydrogen) atoms. The highest BCUT2D eigenvalue weighted by Gasteiger charge is 2.26. The van der Waals surface area contributed by atoms with E-state index in [1.54, 1.807) is 6.92 Å². The van der Waals surface area contributed by atoms with Crippen LogP contribution in [0.2, 0.25) is 5.02 Å². The minimum absolute atomic E-state index is 0.0979. The Morgan fingerprint density at radius 2 is 2.06 bits per heavy atom. The van der Waals surface area contributed by atoms with Crippen molar-refractivity contribution in [3.05, 3.63) is 71.9 Å². The summed E-state index contributed by atoms with van der Waals surface area (Å²) in [5.41, 5.74) is 5.48. The monoisotopic (exact) mass is 486 g/mol. The number of aliphatic hydroxyl groups is 1. The number of fused-ring (bicyclic) bond motifs is 3. The van der Waals surface area contributed by atoms with Gasteiger partial charge in [-0.3, -0.25) is 14.5 Å². The van der Waals surface area contributed by atoms with Crippen molar-refractivity contribution in [1.82, 2.24) is 29.0 Å². The van der Waals surface area contributed by atoms with Crippen molar-refractivity contribution in [3.63, 3.8) is 0 Å². The number of benzene rings is 1. The van der Waals surface area contributed by atoms with Gasteiger partial charge in [0.15, 0.2) is 0 Å². The summed E-state index contributed by atoms with van der Waals surface area (Å²) in [5, 5.41) is 16.2. The fourth-order valence-corrected chi connectivity index (χ4v) is 5.08. The molecule has 4 aromatic heterocycles. The van der Waals surface area contributed by atoms with Crippen LogP contribution in [0.15, 0.2) is 61.2 Å². The lowest BCUT2D eigenvalue weighted by Crippen LogP contribution is -2.26. The number of imidazole rings is 1. The van der Waals surface area contributed by atoms with Gasteiger partial charge in [-0.05, 0) is 24.6 Å². The van der Waals surface area contributed by atoms with E-state index in [9.17, 15) is 9.90 Å². The van der Waals surface area contributed by atoms with Gasteiger partial charge in [0.1, 0.15) is 5.65 Å². The lowest BCUT2D eigenvalue weighted by Gasteiger charge is -2.14. The number of rotatable bonds is 4. The number of halogens is 1. The van der Waals surface area contributed by atoms with E-state index in [1.807, 2.05) is 69.1 Å². The average Bonchev–Trinajstić information content (AvgIpc) is 3.62. The van der Waals surface area contributed by atoms with E-state index >= 15 is 0 Å². The Morgan fingerprint density at radius 3 is 2.83 bits per heavy atom. The second-order valence-electron chi connectivity index (χ2n) is 8.83. The Labute approximate surface area is 206 Å². The van der Waals surface area contributed by atoms with Crippen LogP contribution in [0.5, 0.6) is 0 Å². The second-order valence-corrected chi connectivity index (χ2v) is 9.23. The molecule has 6 rings (SSSR count). The highest BCUT2D eigenvalue weighted by atomic mass is 35.5. The zero-order valence-corrected chi connectivity index (χ0v) is 19.9. The molecule has 1 aliphatic rings. The molecule has 0 unspecified atom stereocenters. The molecule has 176 valence electrons. The van der Waals surface area contributed by atoms with E-state index in [0.717, 1.165) is 40.6 Å². The van der Waals surface area contributed by atoms with E-state index in [0.29, 0.717) is 28.6 Å². The third kappa shape index (κ3) is 3.66. The molecule has 1 N–H and O–H groups in total. The smallest absolute Gasteiger partial charge is 0.219 e. The van der Waals surface area contributed by atoms with Gasteiger partial charge in [-0.1, -0.05) is 29.8 Å². The molecule has 0 aliphatic carbocycles. The zero-order chi connectivity index (χ0) is 24.1. The normalized spacial score (nSPS) is 16.0. The van der Waals surface area contributed by atoms with Crippen molar-refractivity contribution >= 4 is 34.1 Å². The van der Waals surface area contributed by atoms with Crippen molar-refractivity contribution in [3.8, 4) is 22.4 Å². The fraction of sp³-hybridized carbons (Fsp3) is 0.231. The Bertz CT molecular complexity index is 1590. The highest BCUT2D eigenvalue weighted by Crippen LogP contribution is 2.33. The summed E-state index contributed by atoms with van der Waals surface area (Å²) < 4.78 is 3.84. The number of nitrogens with zero attached hydrogens (tertiary/aromatic N) is 6. The van der Waals surface area contributed by atoms with Gasteiger partial charge in [-0.15, -0.1) is 0 Å². The molecule has 0 radical (unpaired) electrons. The van der Waals surface area contributed by atoms with Gasteiger partial charge in [-0.25, -0.2) is 4.98 Å². The number of pyridine rings is 2. The largest absolute Gasteiger partial charge is 0.390 e. The molecule has 5 heterocycles. The lowest BCUT2D eigenvalue weighted by molar-refractivity contribution is -0.127. The van der Waals surface area contributed by atoms with Crippen molar-refractivity contribution in [2.24, 2.45) is 0 Å². The summed E-state index contributed by atoms with van der Waals surface area (Å²) in [7, 11) is 0. The molecule has 8 nitrogen and oxygen atoms in total. The van der Waals surface area contributed by atoms with Crippen LogP contribution in [-0.4, -0.2) is 53.2 Å². The van der Waals surface area contributed by atoms with E-state index in [4.69, 9.17) is 16.6 Å². The topological polar surface area (TPSA) is 88.6 Å². The minimum Gasteiger partial charge on any atom is -0.390 e. The van der Waals surface area contributed by atoms with Crippen molar-refractivity contribution < 1.29 is 9.90 Å². The number of carbonyl (C=O) groups excluding carboxylic acids is 1. The molecular weight excluding hydrogens is 464 g/mol. The third-order valence-corrected chi connectivity index (χ3v) is 7.08. The average molecular weight is 487 g/mol. The van der Waals surface area contributed by atoms with Crippen LogP contribution in [0.4, 0.5) is 0 Å². The van der Waals surface area contributed by atoms with E-state index < -0.39 is 0 Å². The molecular formula is C26H23ClN6O2. The predicted molar refractivity (Wildman–Crippen MR) is 134 cm³/mol. The van der Waals surface area contributed by atoms with Crippen LogP contribution in [0.3, 0.4) is 0 Å². The fourth-order valence-electron chi connectivity index (χ4n) is 4.86. The highest BCUT2D eigenvalue weighted by molar-refractivity contribution is 6.33. The van der Waals surface area contributed by atoms with Gasteiger partial charge in [0.05, 0.1) is 40.8 Å². The first-order chi connectivity index (χ1) is 17.0. The van der Waals surface area contributed by atoms with Gasteiger partial charge in [0.2, 0.25) is 5.91 Å². The Kier molecular flexibility index (Phi) is 5.27. The first kappa shape index (κ1) is 21.8. The van der Waals surface area contributed by atoms with Gasteiger partial charge >= 0.3 is 0 Å². The molecule has 0 bridgehead atoms. The van der Waals surface area contributed by atoms with Crippen LogP contribution in [0.25, 0.3) is 38.9 Å². The number of aliphatic hydroxyl groups excluding tert-OH is 1. The van der Waals surface area contributed by atoms with E-state index in [1.165, 1.54) is 0 Å². The molecule has 9 heteroatoms. The molecule has 1 amide bonds. The second kappa shape index (κ2) is 8.48. The van der Waals surface area contributed by atoms with Gasteiger partial charge < -0.3 is 14.4 Å². The first-order valence-electron chi connectivity index (χ1n) is 11.5. The van der Waals surface area contributed by atoms with Crippen molar-refractivity contribution in [1.29, 1.82) is 0 Å². The summed E-state index contributed by atoms with van der Waals surface area (Å²) in [6, 6.07) is 11.6. The molecule has 1 saturated heterocycles. The maximum absolute atomic E-state index is 11.7. The minimum atomic E-state index is -0.175. The van der Waals surface area contributed by atoms with Crippen LogP contribution < -0.4 is 0 Å². The first-order valence-corrected chi connectivity index (χ1v) is 11.9. The van der Waals surface area contributed by atoms with Crippen LogP contribution in [0.1, 0.15) is 25.1 Å². The molecule has 0 spiro atoms. The van der Waals surface area contributed by atoms with Crippen LogP contribution in [0, 0.1) is 0 Å². The Balaban J connectivity index is 1.43. The quantitative estimate of drug-likeness (QED) is 0.408. The number of carbonyl (C=O) groups is 1. The van der Waals surface area contributed by atoms with Gasteiger partial charge in [-0.2, -0.15) is 5.10 Å². The molecule has 5 aromatic rings. The number of likely N-dealkylation sites (tertiary alicyclic amines) is 1. The van der Waals surface area contributed by atoms with Crippen LogP contribution in [-0.2, 0) is 11.4 Å². The predicted octanol–water partition coefficient (Wildman–Crippen LogP) is 4.35.